The van der Waals surface area contributed by atoms with Gasteiger partial charge in [-0.1, -0.05) is 12.1 Å². The van der Waals surface area contributed by atoms with E-state index in [1.807, 2.05) is 0 Å². The molecule has 1 nitrogen and oxygen atoms in total. The van der Waals surface area contributed by atoms with Crippen molar-refractivity contribution in [3.8, 4) is 0 Å². The summed E-state index contributed by atoms with van der Waals surface area (Å²) in [5.41, 5.74) is -1.81. The van der Waals surface area contributed by atoms with E-state index in [-0.39, 0.29) is 5.56 Å². The third kappa shape index (κ3) is 2.37. The third-order valence-corrected chi connectivity index (χ3v) is 2.57. The van der Waals surface area contributed by atoms with Gasteiger partial charge in [0.15, 0.2) is 0 Å². The van der Waals surface area contributed by atoms with Crippen LogP contribution in [0.1, 0.15) is 12.5 Å². The van der Waals surface area contributed by atoms with Crippen LogP contribution >= 0.6 is 22.6 Å². The Morgan fingerprint density at radius 2 is 1.77 bits per heavy atom. The van der Waals surface area contributed by atoms with Crippen molar-refractivity contribution in [2.24, 2.45) is 0 Å². The molecule has 0 aliphatic heterocycles. The molecule has 4 heteroatoms. The van der Waals surface area contributed by atoms with Gasteiger partial charge in [-0.15, -0.1) is 0 Å². The van der Waals surface area contributed by atoms with E-state index < -0.39 is 12.0 Å². The molecule has 1 unspecified atom stereocenters. The third-order valence-electron chi connectivity index (χ3n) is 1.85. The van der Waals surface area contributed by atoms with Crippen molar-refractivity contribution in [2.75, 3.05) is 0 Å². The molecule has 0 aromatic heterocycles. The molecule has 0 amide bonds. The zero-order valence-corrected chi connectivity index (χ0v) is 9.13. The summed E-state index contributed by atoms with van der Waals surface area (Å²) in [6.45, 7) is 1.11. The largest absolute Gasteiger partial charge is 0.379 e. The van der Waals surface area contributed by atoms with Crippen LogP contribution in [0.2, 0.25) is 0 Å². The lowest BCUT2D eigenvalue weighted by molar-refractivity contribution is -0.0883. The number of benzene rings is 1. The highest BCUT2D eigenvalue weighted by molar-refractivity contribution is 14.1. The fraction of sp³-hybridized carbons (Fsp3) is 0.333. The normalized spacial score (nSPS) is 15.8. The maximum atomic E-state index is 12.3. The van der Waals surface area contributed by atoms with Gasteiger partial charge in [-0.25, -0.2) is 8.78 Å². The van der Waals surface area contributed by atoms with E-state index in [4.69, 9.17) is 0 Å². The van der Waals surface area contributed by atoms with E-state index in [9.17, 15) is 13.9 Å². The second-order valence-corrected chi connectivity index (χ2v) is 4.20. The lowest BCUT2D eigenvalue weighted by Gasteiger charge is -2.22. The first-order valence-electron chi connectivity index (χ1n) is 3.71. The Labute approximate surface area is 88.9 Å². The van der Waals surface area contributed by atoms with Crippen LogP contribution in [-0.2, 0) is 5.60 Å². The molecule has 1 atom stereocenters. The van der Waals surface area contributed by atoms with Crippen LogP contribution < -0.4 is 0 Å². The van der Waals surface area contributed by atoms with Gasteiger partial charge in [0.05, 0.1) is 0 Å². The summed E-state index contributed by atoms with van der Waals surface area (Å²) in [7, 11) is 0. The molecule has 0 aliphatic carbocycles. The van der Waals surface area contributed by atoms with E-state index in [2.05, 4.69) is 22.6 Å². The van der Waals surface area contributed by atoms with Crippen molar-refractivity contribution in [1.29, 1.82) is 0 Å². The van der Waals surface area contributed by atoms with Crippen LogP contribution in [-0.4, -0.2) is 11.5 Å². The lowest BCUT2D eigenvalue weighted by Crippen LogP contribution is -2.30. The molecule has 0 fully saturated rings. The summed E-state index contributed by atoms with van der Waals surface area (Å²) < 4.78 is 25.6. The highest BCUT2D eigenvalue weighted by Gasteiger charge is 2.33. The Hall–Kier alpha value is -0.230. The molecule has 0 saturated carbocycles. The quantitative estimate of drug-likeness (QED) is 0.832. The smallest absolute Gasteiger partial charge is 0.270 e. The van der Waals surface area contributed by atoms with Crippen LogP contribution in [0.3, 0.4) is 0 Å². The predicted molar refractivity (Wildman–Crippen MR) is 54.7 cm³/mol. The first kappa shape index (κ1) is 10.8. The van der Waals surface area contributed by atoms with Crippen molar-refractivity contribution in [3.63, 3.8) is 0 Å². The molecular formula is C9H9F2IO. The number of halogens is 3. The van der Waals surface area contributed by atoms with Crippen LogP contribution in [0.4, 0.5) is 8.78 Å². The van der Waals surface area contributed by atoms with Crippen LogP contribution in [0.25, 0.3) is 0 Å². The van der Waals surface area contributed by atoms with Crippen LogP contribution in [0.15, 0.2) is 24.3 Å². The SMILES string of the molecule is CC(O)(c1ccc(I)cc1)C(F)F. The number of alkyl halides is 2. The molecule has 1 aromatic carbocycles. The van der Waals surface area contributed by atoms with Crippen molar-refractivity contribution in [3.05, 3.63) is 33.4 Å². The Morgan fingerprint density at radius 1 is 1.31 bits per heavy atom. The van der Waals surface area contributed by atoms with E-state index in [1.165, 1.54) is 12.1 Å². The van der Waals surface area contributed by atoms with Crippen molar-refractivity contribution < 1.29 is 13.9 Å². The molecule has 0 aliphatic rings. The summed E-state index contributed by atoms with van der Waals surface area (Å²) in [4.78, 5) is 0. The summed E-state index contributed by atoms with van der Waals surface area (Å²) >= 11 is 2.07. The van der Waals surface area contributed by atoms with Crippen molar-refractivity contribution >= 4 is 22.6 Å². The molecule has 0 bridgehead atoms. The maximum absolute atomic E-state index is 12.3. The molecule has 0 radical (unpaired) electrons. The van der Waals surface area contributed by atoms with Gasteiger partial charge in [0, 0.05) is 3.57 Å². The minimum atomic E-state index is -2.77. The summed E-state index contributed by atoms with van der Waals surface area (Å²) in [5, 5.41) is 9.40. The molecule has 13 heavy (non-hydrogen) atoms. The van der Waals surface area contributed by atoms with Crippen LogP contribution in [0, 0.1) is 3.57 Å². The Morgan fingerprint density at radius 3 is 2.15 bits per heavy atom. The second-order valence-electron chi connectivity index (χ2n) is 2.96. The Balaban J connectivity index is 3.01. The molecule has 0 heterocycles. The average molecular weight is 298 g/mol. The molecular weight excluding hydrogens is 289 g/mol. The van der Waals surface area contributed by atoms with E-state index in [0.717, 1.165) is 10.5 Å². The molecule has 1 N–H and O–H groups in total. The predicted octanol–water partition coefficient (Wildman–Crippen LogP) is 2.76. The number of hydrogen-bond donors (Lipinski definition) is 1. The van der Waals surface area contributed by atoms with Crippen molar-refractivity contribution in [2.45, 2.75) is 19.0 Å². The van der Waals surface area contributed by atoms with E-state index >= 15 is 0 Å². The van der Waals surface area contributed by atoms with Crippen LogP contribution in [0.5, 0.6) is 0 Å². The van der Waals surface area contributed by atoms with Crippen molar-refractivity contribution in [1.82, 2.24) is 0 Å². The van der Waals surface area contributed by atoms with Gasteiger partial charge < -0.3 is 5.11 Å². The zero-order valence-electron chi connectivity index (χ0n) is 6.97. The number of rotatable bonds is 2. The molecule has 0 spiro atoms. The minimum Gasteiger partial charge on any atom is -0.379 e. The molecule has 1 aromatic rings. The monoisotopic (exact) mass is 298 g/mol. The van der Waals surface area contributed by atoms with E-state index in [0.29, 0.717) is 0 Å². The number of aliphatic hydroxyl groups is 1. The fourth-order valence-electron chi connectivity index (χ4n) is 0.913. The Kier molecular flexibility index (Phi) is 3.23. The van der Waals surface area contributed by atoms with Gasteiger partial charge in [-0.05, 0) is 47.2 Å². The van der Waals surface area contributed by atoms with Gasteiger partial charge in [-0.2, -0.15) is 0 Å². The zero-order chi connectivity index (χ0) is 10.1. The Bertz CT molecular complexity index is 282. The van der Waals surface area contributed by atoms with Gasteiger partial charge >= 0.3 is 0 Å². The average Bonchev–Trinajstić information content (AvgIpc) is 2.04. The van der Waals surface area contributed by atoms with E-state index in [1.54, 1.807) is 12.1 Å². The standard InChI is InChI=1S/C9H9F2IO/c1-9(13,8(10)11)6-2-4-7(12)5-3-6/h2-5,8,13H,1H3. The fourth-order valence-corrected chi connectivity index (χ4v) is 1.27. The minimum absolute atomic E-state index is 0.239. The molecule has 0 saturated heterocycles. The van der Waals surface area contributed by atoms with Gasteiger partial charge in [-0.3, -0.25) is 0 Å². The van der Waals surface area contributed by atoms with Gasteiger partial charge in [0.1, 0.15) is 5.60 Å². The second kappa shape index (κ2) is 3.88. The maximum Gasteiger partial charge on any atom is 0.270 e. The lowest BCUT2D eigenvalue weighted by atomic mass is 9.97. The number of hydrogen-bond acceptors (Lipinski definition) is 1. The molecule has 72 valence electrons. The highest BCUT2D eigenvalue weighted by Crippen LogP contribution is 2.27. The van der Waals surface area contributed by atoms with Gasteiger partial charge in [0.25, 0.3) is 6.43 Å². The summed E-state index contributed by atoms with van der Waals surface area (Å²) in [6, 6.07) is 6.39. The topological polar surface area (TPSA) is 20.2 Å². The van der Waals surface area contributed by atoms with Gasteiger partial charge in [0.2, 0.25) is 0 Å². The first-order valence-corrected chi connectivity index (χ1v) is 4.79. The molecule has 1 rings (SSSR count). The summed E-state index contributed by atoms with van der Waals surface area (Å²) in [5.74, 6) is 0. The summed E-state index contributed by atoms with van der Waals surface area (Å²) in [6.07, 6.45) is -2.77. The first-order chi connectivity index (χ1) is 5.94. The highest BCUT2D eigenvalue weighted by atomic mass is 127.